The Labute approximate surface area is 87.4 Å². The number of hydrogen-bond acceptors (Lipinski definition) is 5. The molecule has 1 saturated carbocycles. The van der Waals surface area contributed by atoms with Crippen molar-refractivity contribution >= 4 is 11.7 Å². The Bertz CT molecular complexity index is 359. The molecule has 1 aliphatic carbocycles. The summed E-state index contributed by atoms with van der Waals surface area (Å²) >= 11 is 0. The fourth-order valence-electron chi connectivity index (χ4n) is 1.56. The van der Waals surface area contributed by atoms with E-state index in [0.29, 0.717) is 6.04 Å². The van der Waals surface area contributed by atoms with Crippen LogP contribution in [0.5, 0.6) is 0 Å². The molecule has 0 spiro atoms. The van der Waals surface area contributed by atoms with Crippen LogP contribution in [0.25, 0.3) is 0 Å². The molecule has 0 atom stereocenters. The van der Waals surface area contributed by atoms with Gasteiger partial charge in [0.15, 0.2) is 0 Å². The highest BCUT2D eigenvalue weighted by atomic mass is 16.6. The third-order valence-corrected chi connectivity index (χ3v) is 2.43. The maximum atomic E-state index is 12.0. The number of carbonyl (C=O) groups excluding carboxylic acids is 1. The Balaban J connectivity index is 2.14. The molecule has 1 aromatic rings. The van der Waals surface area contributed by atoms with E-state index >= 15 is 0 Å². The molecule has 0 radical (unpaired) electrons. The summed E-state index contributed by atoms with van der Waals surface area (Å²) in [5.74, 6) is -0.0974. The molecule has 1 amide bonds. The summed E-state index contributed by atoms with van der Waals surface area (Å²) in [7, 11) is 0. The molecule has 6 heteroatoms. The summed E-state index contributed by atoms with van der Waals surface area (Å²) in [6.07, 6.45) is 3.06. The van der Waals surface area contributed by atoms with Crippen LogP contribution in [0.1, 0.15) is 36.7 Å². The summed E-state index contributed by atoms with van der Waals surface area (Å²) in [5, 5.41) is 6.93. The van der Waals surface area contributed by atoms with Crippen LogP contribution >= 0.6 is 0 Å². The van der Waals surface area contributed by atoms with Gasteiger partial charge >= 0.3 is 0 Å². The average Bonchev–Trinajstić information content (AvgIpc) is 2.97. The molecule has 0 aromatic carbocycles. The largest absolute Gasteiger partial charge is 0.379 e. The third-order valence-electron chi connectivity index (χ3n) is 2.43. The normalized spacial score (nSPS) is 15.3. The van der Waals surface area contributed by atoms with Gasteiger partial charge in [-0.2, -0.15) is 0 Å². The lowest BCUT2D eigenvalue weighted by Gasteiger charge is -2.20. The second kappa shape index (κ2) is 3.88. The third kappa shape index (κ3) is 1.93. The zero-order valence-corrected chi connectivity index (χ0v) is 8.64. The number of aromatic nitrogens is 2. The van der Waals surface area contributed by atoms with E-state index in [9.17, 15) is 4.79 Å². The second-order valence-corrected chi connectivity index (χ2v) is 3.73. The van der Waals surface area contributed by atoms with Gasteiger partial charge in [-0.25, -0.2) is 4.63 Å². The van der Waals surface area contributed by atoms with Crippen molar-refractivity contribution < 1.29 is 9.42 Å². The van der Waals surface area contributed by atoms with Gasteiger partial charge in [0.2, 0.25) is 11.5 Å². The molecule has 15 heavy (non-hydrogen) atoms. The summed E-state index contributed by atoms with van der Waals surface area (Å²) in [5.41, 5.74) is 5.62. The monoisotopic (exact) mass is 210 g/mol. The number of nitrogen functional groups attached to an aromatic ring is 1. The van der Waals surface area contributed by atoms with Gasteiger partial charge in [-0.1, -0.05) is 6.92 Å². The maximum absolute atomic E-state index is 12.0. The van der Waals surface area contributed by atoms with Crippen molar-refractivity contribution in [3.8, 4) is 0 Å². The van der Waals surface area contributed by atoms with E-state index in [2.05, 4.69) is 14.9 Å². The number of rotatable bonds is 4. The molecular weight excluding hydrogens is 196 g/mol. The van der Waals surface area contributed by atoms with Gasteiger partial charge in [0, 0.05) is 12.6 Å². The van der Waals surface area contributed by atoms with Gasteiger partial charge < -0.3 is 10.6 Å². The van der Waals surface area contributed by atoms with Crippen molar-refractivity contribution in [1.29, 1.82) is 0 Å². The molecule has 82 valence electrons. The van der Waals surface area contributed by atoms with Crippen LogP contribution in [0.15, 0.2) is 4.63 Å². The van der Waals surface area contributed by atoms with Crippen molar-refractivity contribution in [3.63, 3.8) is 0 Å². The fourth-order valence-corrected chi connectivity index (χ4v) is 1.56. The van der Waals surface area contributed by atoms with Crippen LogP contribution in [0, 0.1) is 0 Å². The average molecular weight is 210 g/mol. The van der Waals surface area contributed by atoms with E-state index in [0.717, 1.165) is 25.8 Å². The van der Waals surface area contributed by atoms with Gasteiger partial charge in [0.05, 0.1) is 0 Å². The lowest BCUT2D eigenvalue weighted by molar-refractivity contribution is 0.0732. The van der Waals surface area contributed by atoms with Crippen LogP contribution in [0.2, 0.25) is 0 Å². The topological polar surface area (TPSA) is 85.2 Å². The molecule has 1 fully saturated rings. The number of amides is 1. The number of anilines is 1. The molecule has 2 N–H and O–H groups in total. The molecule has 6 nitrogen and oxygen atoms in total. The van der Waals surface area contributed by atoms with E-state index in [1.165, 1.54) is 0 Å². The SMILES string of the molecule is CCCN(C(=O)c1nonc1N)C1CC1. The maximum Gasteiger partial charge on any atom is 0.280 e. The molecular formula is C9H14N4O2. The molecule has 0 bridgehead atoms. The number of carbonyl (C=O) groups is 1. The lowest BCUT2D eigenvalue weighted by Crippen LogP contribution is -2.34. The van der Waals surface area contributed by atoms with Gasteiger partial charge in [0.25, 0.3) is 5.91 Å². The van der Waals surface area contributed by atoms with Gasteiger partial charge in [0.1, 0.15) is 0 Å². The predicted octanol–water partition coefficient (Wildman–Crippen LogP) is 0.666. The zero-order chi connectivity index (χ0) is 10.8. The summed E-state index contributed by atoms with van der Waals surface area (Å²) < 4.78 is 4.42. The van der Waals surface area contributed by atoms with Crippen molar-refractivity contribution in [2.24, 2.45) is 0 Å². The Hall–Kier alpha value is -1.59. The second-order valence-electron chi connectivity index (χ2n) is 3.73. The van der Waals surface area contributed by atoms with Crippen molar-refractivity contribution in [3.05, 3.63) is 5.69 Å². The standard InChI is InChI=1S/C9H14N4O2/c1-2-5-13(6-3-4-6)9(14)7-8(10)12-15-11-7/h6H,2-5H2,1H3,(H2,10,12). The minimum atomic E-state index is -0.168. The highest BCUT2D eigenvalue weighted by molar-refractivity contribution is 5.96. The molecule has 0 aliphatic heterocycles. The van der Waals surface area contributed by atoms with Crippen LogP contribution in [-0.2, 0) is 0 Å². The van der Waals surface area contributed by atoms with Gasteiger partial charge in [-0.15, -0.1) is 0 Å². The molecule has 0 saturated heterocycles. The fraction of sp³-hybridized carbons (Fsp3) is 0.667. The van der Waals surface area contributed by atoms with Crippen molar-refractivity contribution in [2.45, 2.75) is 32.2 Å². The van der Waals surface area contributed by atoms with Crippen molar-refractivity contribution in [1.82, 2.24) is 15.2 Å². The van der Waals surface area contributed by atoms with Crippen LogP contribution in [0.3, 0.4) is 0 Å². The highest BCUT2D eigenvalue weighted by Crippen LogP contribution is 2.28. The van der Waals surface area contributed by atoms with Gasteiger partial charge in [-0.3, -0.25) is 4.79 Å². The van der Waals surface area contributed by atoms with E-state index in [1.807, 2.05) is 6.92 Å². The quantitative estimate of drug-likeness (QED) is 0.789. The molecule has 1 aromatic heterocycles. The van der Waals surface area contributed by atoms with Crippen LogP contribution in [0.4, 0.5) is 5.82 Å². The minimum absolute atomic E-state index is 0.0711. The Kier molecular flexibility index (Phi) is 2.57. The van der Waals surface area contributed by atoms with E-state index in [1.54, 1.807) is 4.90 Å². The molecule has 0 unspecified atom stereocenters. The minimum Gasteiger partial charge on any atom is -0.379 e. The molecule has 1 aliphatic rings. The lowest BCUT2D eigenvalue weighted by atomic mass is 10.3. The number of nitrogens with zero attached hydrogens (tertiary/aromatic N) is 3. The van der Waals surface area contributed by atoms with Crippen molar-refractivity contribution in [2.75, 3.05) is 12.3 Å². The zero-order valence-electron chi connectivity index (χ0n) is 8.64. The smallest absolute Gasteiger partial charge is 0.280 e. The van der Waals surface area contributed by atoms with Crippen LogP contribution in [-0.4, -0.2) is 33.7 Å². The first-order valence-electron chi connectivity index (χ1n) is 5.13. The highest BCUT2D eigenvalue weighted by Gasteiger charge is 2.34. The van der Waals surface area contributed by atoms with Crippen LogP contribution < -0.4 is 5.73 Å². The first-order chi connectivity index (χ1) is 7.24. The first kappa shape index (κ1) is 9.95. The molecule has 2 rings (SSSR count). The first-order valence-corrected chi connectivity index (χ1v) is 5.13. The summed E-state index contributed by atoms with van der Waals surface area (Å²) in [4.78, 5) is 13.8. The number of nitrogens with two attached hydrogens (primary N) is 1. The Morgan fingerprint density at radius 3 is 2.80 bits per heavy atom. The molecule has 1 heterocycles. The Morgan fingerprint density at radius 2 is 2.33 bits per heavy atom. The predicted molar refractivity (Wildman–Crippen MR) is 53.1 cm³/mol. The number of hydrogen-bond donors (Lipinski definition) is 1. The summed E-state index contributed by atoms with van der Waals surface area (Å²) in [6.45, 7) is 2.77. The Morgan fingerprint density at radius 1 is 1.60 bits per heavy atom. The van der Waals surface area contributed by atoms with E-state index in [4.69, 9.17) is 5.73 Å². The van der Waals surface area contributed by atoms with E-state index in [-0.39, 0.29) is 17.4 Å². The van der Waals surface area contributed by atoms with E-state index < -0.39 is 0 Å². The van der Waals surface area contributed by atoms with Gasteiger partial charge in [-0.05, 0) is 29.6 Å². The summed E-state index contributed by atoms with van der Waals surface area (Å²) in [6, 6.07) is 0.355.